The maximum Gasteiger partial charge on any atom is 0.273 e. The van der Waals surface area contributed by atoms with Crippen molar-refractivity contribution in [2.75, 3.05) is 0 Å². The molecule has 2 aliphatic rings. The van der Waals surface area contributed by atoms with Crippen molar-refractivity contribution in [3.8, 4) is 0 Å². The van der Waals surface area contributed by atoms with Crippen LogP contribution >= 0.6 is 12.4 Å². The summed E-state index contributed by atoms with van der Waals surface area (Å²) >= 11 is 0. The third kappa shape index (κ3) is 4.07. The lowest BCUT2D eigenvalue weighted by atomic mass is 9.67. The minimum absolute atomic E-state index is 0. The van der Waals surface area contributed by atoms with Gasteiger partial charge in [0.15, 0.2) is 5.69 Å². The Morgan fingerprint density at radius 2 is 1.88 bits per heavy atom. The molecule has 7 heteroatoms. The molecule has 0 spiro atoms. The first-order valence-corrected chi connectivity index (χ1v) is 9.19. The van der Waals surface area contributed by atoms with Crippen LogP contribution in [-0.4, -0.2) is 33.0 Å². The molecule has 0 aliphatic heterocycles. The minimum Gasteiger partial charge on any atom is -0.347 e. The monoisotopic (exact) mass is 375 g/mol. The second kappa shape index (κ2) is 8.18. The van der Waals surface area contributed by atoms with Crippen LogP contribution in [0.1, 0.15) is 48.2 Å². The smallest absolute Gasteiger partial charge is 0.273 e. The second-order valence-electron chi connectivity index (χ2n) is 7.47. The van der Waals surface area contributed by atoms with Crippen molar-refractivity contribution in [3.63, 3.8) is 0 Å². The maximum absolute atomic E-state index is 12.6. The van der Waals surface area contributed by atoms with Gasteiger partial charge in [0.2, 0.25) is 0 Å². The number of fused-ring (bicyclic) bond motifs is 2. The maximum atomic E-state index is 12.6. The van der Waals surface area contributed by atoms with Crippen molar-refractivity contribution in [1.29, 1.82) is 0 Å². The molecule has 2 saturated carbocycles. The van der Waals surface area contributed by atoms with Gasteiger partial charge < -0.3 is 11.1 Å². The van der Waals surface area contributed by atoms with Crippen LogP contribution in [0.2, 0.25) is 0 Å². The zero-order valence-corrected chi connectivity index (χ0v) is 15.6. The Balaban J connectivity index is 0.00000196. The van der Waals surface area contributed by atoms with E-state index >= 15 is 0 Å². The minimum atomic E-state index is -0.114. The van der Waals surface area contributed by atoms with Crippen LogP contribution in [0.4, 0.5) is 0 Å². The first-order valence-electron chi connectivity index (χ1n) is 9.19. The van der Waals surface area contributed by atoms with Crippen LogP contribution in [0.5, 0.6) is 0 Å². The molecule has 0 radical (unpaired) electrons. The van der Waals surface area contributed by atoms with E-state index in [0.717, 1.165) is 31.2 Å². The highest BCUT2D eigenvalue weighted by atomic mass is 35.5. The molecule has 1 heterocycles. The van der Waals surface area contributed by atoms with E-state index in [-0.39, 0.29) is 30.4 Å². The molecule has 2 unspecified atom stereocenters. The van der Waals surface area contributed by atoms with Gasteiger partial charge in [0.1, 0.15) is 0 Å². The third-order valence-corrected chi connectivity index (χ3v) is 5.63. The highest BCUT2D eigenvalue weighted by Crippen LogP contribution is 2.39. The fourth-order valence-electron chi connectivity index (χ4n) is 4.50. The number of amides is 1. The molecule has 1 aromatic carbocycles. The molecule has 6 nitrogen and oxygen atoms in total. The van der Waals surface area contributed by atoms with Crippen LogP contribution in [0, 0.1) is 11.8 Å². The number of hydrogen-bond donors (Lipinski definition) is 2. The number of halogens is 1. The molecule has 0 saturated heterocycles. The van der Waals surface area contributed by atoms with E-state index in [4.69, 9.17) is 5.73 Å². The molecule has 1 amide bonds. The summed E-state index contributed by atoms with van der Waals surface area (Å²) in [5.74, 6) is 0.897. The average molecular weight is 376 g/mol. The lowest BCUT2D eigenvalue weighted by Gasteiger charge is -2.45. The van der Waals surface area contributed by atoms with Gasteiger partial charge in [0.05, 0.1) is 12.7 Å². The molecule has 2 aliphatic carbocycles. The molecule has 4 rings (SSSR count). The molecule has 2 bridgehead atoms. The number of rotatable bonds is 4. The van der Waals surface area contributed by atoms with Crippen LogP contribution < -0.4 is 11.1 Å². The lowest BCUT2D eigenvalue weighted by molar-refractivity contribution is 0.0751. The van der Waals surface area contributed by atoms with Crippen LogP contribution in [0.25, 0.3) is 0 Å². The Hall–Kier alpha value is -1.92. The van der Waals surface area contributed by atoms with Crippen molar-refractivity contribution in [2.24, 2.45) is 17.6 Å². The summed E-state index contributed by atoms with van der Waals surface area (Å²) in [6.45, 7) is 0.616. The number of benzene rings is 1. The Morgan fingerprint density at radius 1 is 1.19 bits per heavy atom. The van der Waals surface area contributed by atoms with E-state index in [9.17, 15) is 4.79 Å². The van der Waals surface area contributed by atoms with Crippen molar-refractivity contribution >= 4 is 18.3 Å². The van der Waals surface area contributed by atoms with Gasteiger partial charge in [-0.25, -0.2) is 4.68 Å². The molecule has 1 aromatic heterocycles. The Kier molecular flexibility index (Phi) is 5.94. The number of nitrogens with one attached hydrogen (secondary N) is 1. The van der Waals surface area contributed by atoms with Crippen molar-refractivity contribution in [1.82, 2.24) is 20.3 Å². The number of carbonyl (C=O) groups excluding carboxylic acids is 1. The number of aromatic nitrogens is 3. The first-order chi connectivity index (χ1) is 12.2. The van der Waals surface area contributed by atoms with E-state index in [1.165, 1.54) is 6.42 Å². The van der Waals surface area contributed by atoms with E-state index in [0.29, 0.717) is 24.1 Å². The first kappa shape index (κ1) is 18.9. The lowest BCUT2D eigenvalue weighted by Crippen LogP contribution is -2.53. The third-order valence-electron chi connectivity index (χ3n) is 5.63. The standard InChI is InChI=1S/C19H25N5O.ClH/c20-16-9-14-7-4-8-15(10-16)18(14)21-19(25)17-12-24(23-22-17)11-13-5-2-1-3-6-13;/h1-3,5-6,12,14-16,18H,4,7-11,20H2,(H,21,25);1H. The average Bonchev–Trinajstić information content (AvgIpc) is 3.05. The van der Waals surface area contributed by atoms with Crippen molar-refractivity contribution < 1.29 is 4.79 Å². The Morgan fingerprint density at radius 3 is 2.58 bits per heavy atom. The van der Waals surface area contributed by atoms with Crippen molar-refractivity contribution in [3.05, 3.63) is 47.8 Å². The second-order valence-corrected chi connectivity index (χ2v) is 7.47. The quantitative estimate of drug-likeness (QED) is 0.859. The van der Waals surface area contributed by atoms with E-state index < -0.39 is 0 Å². The summed E-state index contributed by atoms with van der Waals surface area (Å²) in [5.41, 5.74) is 7.69. The van der Waals surface area contributed by atoms with Gasteiger partial charge in [0, 0.05) is 12.1 Å². The predicted octanol–water partition coefficient (Wildman–Crippen LogP) is 2.38. The molecule has 26 heavy (non-hydrogen) atoms. The summed E-state index contributed by atoms with van der Waals surface area (Å²) in [6.07, 6.45) is 7.34. The van der Waals surface area contributed by atoms with Gasteiger partial charge in [-0.05, 0) is 43.1 Å². The highest BCUT2D eigenvalue weighted by Gasteiger charge is 2.40. The van der Waals surface area contributed by atoms with Gasteiger partial charge in [-0.2, -0.15) is 0 Å². The summed E-state index contributed by atoms with van der Waals surface area (Å²) in [6, 6.07) is 10.6. The molecule has 2 fully saturated rings. The SMILES string of the molecule is Cl.NC1CC2CCCC(C1)C2NC(=O)c1cn(Cc2ccccc2)nn1. The Labute approximate surface area is 159 Å². The van der Waals surface area contributed by atoms with Gasteiger partial charge in [-0.3, -0.25) is 4.79 Å². The summed E-state index contributed by atoms with van der Waals surface area (Å²) in [4.78, 5) is 12.6. The van der Waals surface area contributed by atoms with Crippen LogP contribution in [0.3, 0.4) is 0 Å². The molecule has 140 valence electrons. The molecule has 2 atom stereocenters. The van der Waals surface area contributed by atoms with Gasteiger partial charge in [0.25, 0.3) is 5.91 Å². The zero-order chi connectivity index (χ0) is 17.2. The number of nitrogens with zero attached hydrogens (tertiary/aromatic N) is 3. The van der Waals surface area contributed by atoms with Gasteiger partial charge in [-0.15, -0.1) is 17.5 Å². The fraction of sp³-hybridized carbons (Fsp3) is 0.526. The van der Waals surface area contributed by atoms with E-state index in [1.54, 1.807) is 10.9 Å². The Bertz CT molecular complexity index is 721. The molecular formula is C19H26ClN5O. The normalized spacial score (nSPS) is 27.4. The van der Waals surface area contributed by atoms with E-state index in [1.807, 2.05) is 30.3 Å². The van der Waals surface area contributed by atoms with Crippen LogP contribution in [-0.2, 0) is 6.54 Å². The predicted molar refractivity (Wildman–Crippen MR) is 102 cm³/mol. The van der Waals surface area contributed by atoms with Crippen LogP contribution in [0.15, 0.2) is 36.5 Å². The number of hydrogen-bond acceptors (Lipinski definition) is 4. The van der Waals surface area contributed by atoms with Crippen molar-refractivity contribution in [2.45, 2.75) is 50.7 Å². The molecule has 3 N–H and O–H groups in total. The fourth-order valence-corrected chi connectivity index (χ4v) is 4.50. The van der Waals surface area contributed by atoms with E-state index in [2.05, 4.69) is 15.6 Å². The molecule has 2 aromatic rings. The van der Waals surface area contributed by atoms with Gasteiger partial charge in [-0.1, -0.05) is 42.0 Å². The zero-order valence-electron chi connectivity index (χ0n) is 14.8. The topological polar surface area (TPSA) is 85.8 Å². The summed E-state index contributed by atoms with van der Waals surface area (Å²) in [7, 11) is 0. The summed E-state index contributed by atoms with van der Waals surface area (Å²) in [5, 5.41) is 11.4. The number of carbonyl (C=O) groups is 1. The summed E-state index contributed by atoms with van der Waals surface area (Å²) < 4.78 is 1.71. The molecular weight excluding hydrogens is 350 g/mol. The largest absolute Gasteiger partial charge is 0.347 e. The van der Waals surface area contributed by atoms with Gasteiger partial charge >= 0.3 is 0 Å². The number of nitrogens with two attached hydrogens (primary N) is 1. The highest BCUT2D eigenvalue weighted by molar-refractivity contribution is 5.92.